The second kappa shape index (κ2) is 11.4. The van der Waals surface area contributed by atoms with E-state index in [4.69, 9.17) is 9.47 Å². The Morgan fingerprint density at radius 2 is 1.46 bits per heavy atom. The van der Waals surface area contributed by atoms with E-state index < -0.39 is 21.4 Å². The lowest BCUT2D eigenvalue weighted by atomic mass is 9.88. The summed E-state index contributed by atoms with van der Waals surface area (Å²) in [6.45, 7) is 2.70. The maximum atomic E-state index is 12.7. The number of allylic oxidation sites excluding steroid dienone is 1. The molecule has 1 unspecified atom stereocenters. The summed E-state index contributed by atoms with van der Waals surface area (Å²) in [5.74, 6) is 0.253. The first-order chi connectivity index (χ1) is 17.7. The number of benzene rings is 3. The van der Waals surface area contributed by atoms with E-state index in [1.165, 1.54) is 12.1 Å². The van der Waals surface area contributed by atoms with Gasteiger partial charge in [0, 0.05) is 6.42 Å². The summed E-state index contributed by atoms with van der Waals surface area (Å²) in [5, 5.41) is 0. The molecule has 3 aromatic rings. The fourth-order valence-corrected chi connectivity index (χ4v) is 4.65. The summed E-state index contributed by atoms with van der Waals surface area (Å²) in [6, 6.07) is 22.9. The highest BCUT2D eigenvalue weighted by molar-refractivity contribution is 7.88. The van der Waals surface area contributed by atoms with Gasteiger partial charge in [-0.2, -0.15) is 21.6 Å². The highest BCUT2D eigenvalue weighted by Gasteiger charge is 2.48. The molecule has 1 heterocycles. The van der Waals surface area contributed by atoms with Crippen molar-refractivity contribution in [2.24, 2.45) is 0 Å². The van der Waals surface area contributed by atoms with Crippen molar-refractivity contribution in [3.8, 4) is 11.5 Å². The second-order valence-corrected chi connectivity index (χ2v) is 10.1. The maximum Gasteiger partial charge on any atom is 0.534 e. The first-order valence-corrected chi connectivity index (χ1v) is 13.4. The van der Waals surface area contributed by atoms with Crippen LogP contribution in [0, 0.1) is 0 Å². The zero-order valence-electron chi connectivity index (χ0n) is 20.2. The van der Waals surface area contributed by atoms with E-state index in [0.29, 0.717) is 24.3 Å². The first kappa shape index (κ1) is 26.8. The van der Waals surface area contributed by atoms with Crippen LogP contribution in [0.25, 0.3) is 11.1 Å². The van der Waals surface area contributed by atoms with Crippen molar-refractivity contribution in [3.05, 3.63) is 95.6 Å². The van der Waals surface area contributed by atoms with Gasteiger partial charge in [0.1, 0.15) is 11.5 Å². The van der Waals surface area contributed by atoms with Crippen molar-refractivity contribution in [2.45, 2.75) is 44.4 Å². The molecule has 0 N–H and O–H groups in total. The molecule has 0 aliphatic carbocycles. The standard InChI is InChI=1S/C28H27F3O5S/c1-2-25(20-8-4-3-5-9-20)27(21-11-15-23(16-12-21)35-26-10-6-7-19-34-26)22-13-17-24(18-14-22)36-37(32,33)28(29,30)31/h3-5,8-9,11-18,26H,2,6-7,10,19H2,1H3. The minimum absolute atomic E-state index is 0.273. The molecule has 0 spiro atoms. The van der Waals surface area contributed by atoms with Crippen LogP contribution in [0.2, 0.25) is 0 Å². The highest BCUT2D eigenvalue weighted by atomic mass is 32.2. The molecule has 0 amide bonds. The van der Waals surface area contributed by atoms with Gasteiger partial charge in [-0.25, -0.2) is 0 Å². The van der Waals surface area contributed by atoms with Crippen molar-refractivity contribution in [1.82, 2.24) is 0 Å². The molecule has 1 saturated heterocycles. The Morgan fingerprint density at radius 3 is 1.97 bits per heavy atom. The van der Waals surface area contributed by atoms with Crippen molar-refractivity contribution >= 4 is 21.3 Å². The number of hydrogen-bond donors (Lipinski definition) is 0. The summed E-state index contributed by atoms with van der Waals surface area (Å²) in [5.41, 5.74) is -1.07. The lowest BCUT2D eigenvalue weighted by Gasteiger charge is -2.23. The van der Waals surface area contributed by atoms with Gasteiger partial charge < -0.3 is 13.7 Å². The predicted octanol–water partition coefficient (Wildman–Crippen LogP) is 7.19. The van der Waals surface area contributed by atoms with Gasteiger partial charge in [-0.3, -0.25) is 0 Å². The lowest BCUT2D eigenvalue weighted by molar-refractivity contribution is -0.105. The zero-order valence-corrected chi connectivity index (χ0v) is 21.0. The number of rotatable bonds is 8. The summed E-state index contributed by atoms with van der Waals surface area (Å²) in [7, 11) is -5.75. The number of halogens is 3. The summed E-state index contributed by atoms with van der Waals surface area (Å²) >= 11 is 0. The molecule has 0 aromatic heterocycles. The molecule has 0 radical (unpaired) electrons. The highest BCUT2D eigenvalue weighted by Crippen LogP contribution is 2.36. The monoisotopic (exact) mass is 532 g/mol. The van der Waals surface area contributed by atoms with Gasteiger partial charge >= 0.3 is 15.6 Å². The van der Waals surface area contributed by atoms with Crippen molar-refractivity contribution < 1.29 is 35.2 Å². The Hall–Kier alpha value is -3.30. The van der Waals surface area contributed by atoms with Gasteiger partial charge in [0.25, 0.3) is 0 Å². The summed E-state index contributed by atoms with van der Waals surface area (Å²) in [6.07, 6.45) is 3.31. The van der Waals surface area contributed by atoms with Crippen molar-refractivity contribution in [1.29, 1.82) is 0 Å². The normalized spacial score (nSPS) is 17.1. The minimum Gasteiger partial charge on any atom is -0.465 e. The van der Waals surface area contributed by atoms with Crippen LogP contribution < -0.4 is 8.92 Å². The van der Waals surface area contributed by atoms with Crippen LogP contribution in [0.1, 0.15) is 49.3 Å². The van der Waals surface area contributed by atoms with Gasteiger partial charge in [-0.05, 0) is 71.4 Å². The molecule has 1 atom stereocenters. The molecule has 9 heteroatoms. The van der Waals surface area contributed by atoms with E-state index in [2.05, 4.69) is 4.18 Å². The molecule has 0 saturated carbocycles. The molecule has 1 aliphatic heterocycles. The van der Waals surface area contributed by atoms with Gasteiger partial charge in [0.15, 0.2) is 6.29 Å². The maximum absolute atomic E-state index is 12.7. The fraction of sp³-hybridized carbons (Fsp3) is 0.286. The third-order valence-corrected chi connectivity index (χ3v) is 6.94. The Labute approximate surface area is 214 Å². The summed E-state index contributed by atoms with van der Waals surface area (Å²) < 4.78 is 76.9. The van der Waals surface area contributed by atoms with Crippen LogP contribution in [0.5, 0.6) is 11.5 Å². The van der Waals surface area contributed by atoms with Crippen LogP contribution in [-0.2, 0) is 14.9 Å². The molecule has 3 aromatic carbocycles. The predicted molar refractivity (Wildman–Crippen MR) is 135 cm³/mol. The Balaban J connectivity index is 1.70. The van der Waals surface area contributed by atoms with E-state index in [9.17, 15) is 21.6 Å². The third kappa shape index (κ3) is 6.53. The molecule has 4 rings (SSSR count). The van der Waals surface area contributed by atoms with Crippen molar-refractivity contribution in [2.75, 3.05) is 6.61 Å². The van der Waals surface area contributed by atoms with Crippen molar-refractivity contribution in [3.63, 3.8) is 0 Å². The molecule has 1 aliphatic rings. The fourth-order valence-electron chi connectivity index (χ4n) is 4.19. The van der Waals surface area contributed by atoms with E-state index in [1.54, 1.807) is 12.1 Å². The third-order valence-electron chi connectivity index (χ3n) is 5.96. The minimum atomic E-state index is -5.75. The Bertz CT molecular complexity index is 1310. The lowest BCUT2D eigenvalue weighted by Crippen LogP contribution is -2.28. The largest absolute Gasteiger partial charge is 0.534 e. The molecular formula is C28H27F3O5S. The van der Waals surface area contributed by atoms with E-state index in [1.807, 2.05) is 61.5 Å². The van der Waals surface area contributed by atoms with Gasteiger partial charge in [-0.15, -0.1) is 0 Å². The molecule has 196 valence electrons. The molecule has 5 nitrogen and oxygen atoms in total. The van der Waals surface area contributed by atoms with Crippen LogP contribution >= 0.6 is 0 Å². The second-order valence-electron chi connectivity index (χ2n) is 8.52. The van der Waals surface area contributed by atoms with Gasteiger partial charge in [0.05, 0.1) is 6.61 Å². The number of hydrogen-bond acceptors (Lipinski definition) is 5. The van der Waals surface area contributed by atoms with E-state index in [-0.39, 0.29) is 6.29 Å². The first-order valence-electron chi connectivity index (χ1n) is 12.0. The molecule has 0 bridgehead atoms. The van der Waals surface area contributed by atoms with Crippen LogP contribution in [0.4, 0.5) is 13.2 Å². The van der Waals surface area contributed by atoms with Crippen LogP contribution in [0.15, 0.2) is 78.9 Å². The quantitative estimate of drug-likeness (QED) is 0.175. The average Bonchev–Trinajstić information content (AvgIpc) is 2.89. The Kier molecular flexibility index (Phi) is 8.24. The van der Waals surface area contributed by atoms with E-state index >= 15 is 0 Å². The number of alkyl halides is 3. The van der Waals surface area contributed by atoms with E-state index in [0.717, 1.165) is 41.5 Å². The van der Waals surface area contributed by atoms with Gasteiger partial charge in [-0.1, -0.05) is 61.5 Å². The average molecular weight is 533 g/mol. The molecule has 1 fully saturated rings. The molecule has 37 heavy (non-hydrogen) atoms. The summed E-state index contributed by atoms with van der Waals surface area (Å²) in [4.78, 5) is 0. The SMILES string of the molecule is CCC(=C(c1ccc(OC2CCCCO2)cc1)c1ccc(OS(=O)(=O)C(F)(F)F)cc1)c1ccccc1. The van der Waals surface area contributed by atoms with Crippen LogP contribution in [0.3, 0.4) is 0 Å². The molecular weight excluding hydrogens is 505 g/mol. The van der Waals surface area contributed by atoms with Crippen LogP contribution in [-0.4, -0.2) is 26.8 Å². The Morgan fingerprint density at radius 1 is 0.865 bits per heavy atom. The number of ether oxygens (including phenoxy) is 2. The zero-order chi connectivity index (χ0) is 26.5. The van der Waals surface area contributed by atoms with Gasteiger partial charge in [0.2, 0.25) is 0 Å². The topological polar surface area (TPSA) is 61.8 Å². The smallest absolute Gasteiger partial charge is 0.465 e.